The van der Waals surface area contributed by atoms with Gasteiger partial charge in [0.05, 0.1) is 11.1 Å². The zero-order chi connectivity index (χ0) is 13.5. The molecule has 1 aromatic carbocycles. The van der Waals surface area contributed by atoms with Crippen molar-refractivity contribution in [3.63, 3.8) is 0 Å². The standard InChI is InChI=1S/C12H15FN4O/c1-12(2,6-9(14)18)17-8-5-3-4-7(13)10(8)16-11(17)15/h3-5H,6H2,1-2H3,(H2,14,18)(H2,15,16). The molecule has 2 aromatic rings. The first-order valence-corrected chi connectivity index (χ1v) is 5.54. The number of rotatable bonds is 3. The second kappa shape index (κ2) is 3.97. The molecule has 0 spiro atoms. The van der Waals surface area contributed by atoms with Gasteiger partial charge in [0.25, 0.3) is 0 Å². The van der Waals surface area contributed by atoms with Gasteiger partial charge in [-0.25, -0.2) is 9.37 Å². The lowest BCUT2D eigenvalue weighted by Crippen LogP contribution is -2.33. The zero-order valence-electron chi connectivity index (χ0n) is 10.3. The minimum atomic E-state index is -0.654. The molecule has 0 aliphatic carbocycles. The van der Waals surface area contributed by atoms with E-state index in [2.05, 4.69) is 4.98 Å². The number of anilines is 1. The van der Waals surface area contributed by atoms with E-state index in [-0.39, 0.29) is 17.9 Å². The number of carbonyl (C=O) groups excluding carboxylic acids is 1. The molecule has 4 N–H and O–H groups in total. The summed E-state index contributed by atoms with van der Waals surface area (Å²) < 4.78 is 15.2. The van der Waals surface area contributed by atoms with Gasteiger partial charge in [-0.1, -0.05) is 6.07 Å². The Hall–Kier alpha value is -2.11. The first-order valence-electron chi connectivity index (χ1n) is 5.54. The maximum absolute atomic E-state index is 13.6. The van der Waals surface area contributed by atoms with Crippen LogP contribution < -0.4 is 11.5 Å². The van der Waals surface area contributed by atoms with Gasteiger partial charge < -0.3 is 16.0 Å². The Labute approximate surface area is 104 Å². The smallest absolute Gasteiger partial charge is 0.219 e. The number of nitrogens with two attached hydrogens (primary N) is 2. The number of imidazole rings is 1. The van der Waals surface area contributed by atoms with Gasteiger partial charge in [0, 0.05) is 6.42 Å². The fraction of sp³-hybridized carbons (Fsp3) is 0.333. The highest BCUT2D eigenvalue weighted by molar-refractivity contribution is 5.80. The summed E-state index contributed by atoms with van der Waals surface area (Å²) in [5, 5.41) is 0. The number of fused-ring (bicyclic) bond motifs is 1. The number of nitrogens with zero attached hydrogens (tertiary/aromatic N) is 2. The highest BCUT2D eigenvalue weighted by Crippen LogP contribution is 2.30. The number of primary amides is 1. The number of nitrogen functional groups attached to an aromatic ring is 1. The van der Waals surface area contributed by atoms with E-state index in [0.717, 1.165) is 0 Å². The summed E-state index contributed by atoms with van der Waals surface area (Å²) in [7, 11) is 0. The SMILES string of the molecule is CC(C)(CC(N)=O)n1c(N)nc2c(F)cccc21. The highest BCUT2D eigenvalue weighted by Gasteiger charge is 2.27. The van der Waals surface area contributed by atoms with Crippen LogP contribution in [0.2, 0.25) is 0 Å². The van der Waals surface area contributed by atoms with Crippen molar-refractivity contribution in [3.05, 3.63) is 24.0 Å². The van der Waals surface area contributed by atoms with E-state index < -0.39 is 17.3 Å². The van der Waals surface area contributed by atoms with Crippen LogP contribution in [0.3, 0.4) is 0 Å². The quantitative estimate of drug-likeness (QED) is 0.862. The largest absolute Gasteiger partial charge is 0.370 e. The minimum Gasteiger partial charge on any atom is -0.370 e. The van der Waals surface area contributed by atoms with Crippen LogP contribution in [-0.4, -0.2) is 15.5 Å². The van der Waals surface area contributed by atoms with Crippen LogP contribution in [0, 0.1) is 5.82 Å². The second-order valence-corrected chi connectivity index (χ2v) is 4.87. The van der Waals surface area contributed by atoms with Gasteiger partial charge in [-0.05, 0) is 26.0 Å². The number of aromatic nitrogens is 2. The molecule has 0 unspecified atom stereocenters. The van der Waals surface area contributed by atoms with E-state index in [1.165, 1.54) is 6.07 Å². The van der Waals surface area contributed by atoms with E-state index >= 15 is 0 Å². The van der Waals surface area contributed by atoms with E-state index in [1.54, 1.807) is 30.5 Å². The molecule has 0 aliphatic rings. The van der Waals surface area contributed by atoms with E-state index in [9.17, 15) is 9.18 Å². The number of hydrogen-bond acceptors (Lipinski definition) is 3. The Kier molecular flexibility index (Phi) is 2.73. The predicted molar refractivity (Wildman–Crippen MR) is 67.2 cm³/mol. The summed E-state index contributed by atoms with van der Waals surface area (Å²) >= 11 is 0. The molecule has 6 heteroatoms. The van der Waals surface area contributed by atoms with Gasteiger partial charge in [-0.3, -0.25) is 4.79 Å². The lowest BCUT2D eigenvalue weighted by Gasteiger charge is -2.27. The van der Waals surface area contributed by atoms with E-state index in [0.29, 0.717) is 5.52 Å². The normalized spacial score (nSPS) is 11.9. The Balaban J connectivity index is 2.67. The van der Waals surface area contributed by atoms with Crippen LogP contribution in [0.15, 0.2) is 18.2 Å². The van der Waals surface area contributed by atoms with Crippen LogP contribution in [0.1, 0.15) is 20.3 Å². The average molecular weight is 250 g/mol. The molecule has 0 fully saturated rings. The summed E-state index contributed by atoms with van der Waals surface area (Å²) in [6, 6.07) is 4.61. The van der Waals surface area contributed by atoms with Gasteiger partial charge in [-0.15, -0.1) is 0 Å². The molecule has 0 saturated carbocycles. The van der Waals surface area contributed by atoms with Crippen LogP contribution in [0.5, 0.6) is 0 Å². The Bertz CT molecular complexity index is 618. The van der Waals surface area contributed by atoms with Crippen LogP contribution in [0.4, 0.5) is 10.3 Å². The molecule has 0 saturated heterocycles. The van der Waals surface area contributed by atoms with Crippen molar-refractivity contribution in [2.24, 2.45) is 5.73 Å². The fourth-order valence-corrected chi connectivity index (χ4v) is 2.22. The fourth-order valence-electron chi connectivity index (χ4n) is 2.22. The number of halogens is 1. The Morgan fingerprint density at radius 1 is 1.50 bits per heavy atom. The first kappa shape index (κ1) is 12.3. The lowest BCUT2D eigenvalue weighted by molar-refractivity contribution is -0.119. The molecule has 96 valence electrons. The third-order valence-corrected chi connectivity index (χ3v) is 2.87. The first-order chi connectivity index (χ1) is 8.33. The monoisotopic (exact) mass is 250 g/mol. The Morgan fingerprint density at radius 2 is 2.17 bits per heavy atom. The van der Waals surface area contributed by atoms with Crippen LogP contribution >= 0.6 is 0 Å². The van der Waals surface area contributed by atoms with Crippen molar-refractivity contribution < 1.29 is 9.18 Å². The topological polar surface area (TPSA) is 86.9 Å². The van der Waals surface area contributed by atoms with Gasteiger partial charge in [0.15, 0.2) is 5.82 Å². The van der Waals surface area contributed by atoms with Gasteiger partial charge in [0.1, 0.15) is 5.52 Å². The number of para-hydroxylation sites is 1. The molecule has 0 aliphatic heterocycles. The van der Waals surface area contributed by atoms with Crippen LogP contribution in [0.25, 0.3) is 11.0 Å². The lowest BCUT2D eigenvalue weighted by atomic mass is 9.99. The van der Waals surface area contributed by atoms with Gasteiger partial charge >= 0.3 is 0 Å². The summed E-state index contributed by atoms with van der Waals surface area (Å²) in [6.45, 7) is 3.61. The van der Waals surface area contributed by atoms with Crippen molar-refractivity contribution in [3.8, 4) is 0 Å². The summed E-state index contributed by atoms with van der Waals surface area (Å²) in [5.74, 6) is -0.716. The van der Waals surface area contributed by atoms with Crippen molar-refractivity contribution in [1.29, 1.82) is 0 Å². The maximum atomic E-state index is 13.6. The van der Waals surface area contributed by atoms with Gasteiger partial charge in [0.2, 0.25) is 11.9 Å². The van der Waals surface area contributed by atoms with Crippen molar-refractivity contribution in [2.75, 3.05) is 5.73 Å². The summed E-state index contributed by atoms with van der Waals surface area (Å²) in [6.07, 6.45) is 0.0964. The summed E-state index contributed by atoms with van der Waals surface area (Å²) in [5.41, 5.74) is 11.1. The van der Waals surface area contributed by atoms with Crippen LogP contribution in [-0.2, 0) is 10.3 Å². The molecule has 0 radical (unpaired) electrons. The van der Waals surface area contributed by atoms with Gasteiger partial charge in [-0.2, -0.15) is 0 Å². The molecule has 1 heterocycles. The molecule has 0 bridgehead atoms. The van der Waals surface area contributed by atoms with Crippen molar-refractivity contribution in [2.45, 2.75) is 25.8 Å². The molecular weight excluding hydrogens is 235 g/mol. The van der Waals surface area contributed by atoms with E-state index in [4.69, 9.17) is 11.5 Å². The molecular formula is C12H15FN4O. The van der Waals surface area contributed by atoms with Crippen molar-refractivity contribution in [1.82, 2.24) is 9.55 Å². The molecule has 0 atom stereocenters. The number of hydrogen-bond donors (Lipinski definition) is 2. The molecule has 1 amide bonds. The second-order valence-electron chi connectivity index (χ2n) is 4.87. The zero-order valence-corrected chi connectivity index (χ0v) is 10.3. The number of amides is 1. The number of carbonyl (C=O) groups is 1. The predicted octanol–water partition coefficient (Wildman–Crippen LogP) is 1.37. The summed E-state index contributed by atoms with van der Waals surface area (Å²) in [4.78, 5) is 15.1. The molecule has 18 heavy (non-hydrogen) atoms. The average Bonchev–Trinajstić information content (AvgIpc) is 2.54. The molecule has 5 nitrogen and oxygen atoms in total. The van der Waals surface area contributed by atoms with Crippen molar-refractivity contribution >= 4 is 22.9 Å². The maximum Gasteiger partial charge on any atom is 0.219 e. The van der Waals surface area contributed by atoms with E-state index in [1.807, 2.05) is 0 Å². The third kappa shape index (κ3) is 1.90. The minimum absolute atomic E-state index is 0.0964. The number of benzene rings is 1. The Morgan fingerprint density at radius 3 is 2.78 bits per heavy atom. The molecule has 1 aromatic heterocycles. The third-order valence-electron chi connectivity index (χ3n) is 2.87. The molecule has 2 rings (SSSR count). The highest BCUT2D eigenvalue weighted by atomic mass is 19.1.